The molecule has 2 N–H and O–H groups in total. The van der Waals surface area contributed by atoms with Gasteiger partial charge in [-0.1, -0.05) is 60.7 Å². The molecule has 0 aliphatic carbocycles. The van der Waals surface area contributed by atoms with Crippen molar-refractivity contribution in [1.82, 2.24) is 10.2 Å². The van der Waals surface area contributed by atoms with E-state index >= 15 is 0 Å². The highest BCUT2D eigenvalue weighted by Gasteiger charge is 2.17. The molecule has 6 nitrogen and oxygen atoms in total. The summed E-state index contributed by atoms with van der Waals surface area (Å²) in [5.41, 5.74) is 2.01. The maximum atomic E-state index is 12.2. The number of hydrogen-bond donors (Lipinski definition) is 2. The van der Waals surface area contributed by atoms with Gasteiger partial charge in [-0.25, -0.2) is 0 Å². The molecule has 0 heterocycles. The highest BCUT2D eigenvalue weighted by Crippen LogP contribution is 2.04. The van der Waals surface area contributed by atoms with E-state index in [4.69, 9.17) is 5.11 Å². The van der Waals surface area contributed by atoms with Crippen LogP contribution in [0.15, 0.2) is 60.7 Å². The first-order chi connectivity index (χ1) is 13.0. The molecule has 27 heavy (non-hydrogen) atoms. The second-order valence-electron chi connectivity index (χ2n) is 6.33. The second-order valence-corrected chi connectivity index (χ2v) is 6.33. The van der Waals surface area contributed by atoms with Crippen molar-refractivity contribution in [3.63, 3.8) is 0 Å². The molecular weight excluding hydrogens is 344 g/mol. The minimum Gasteiger partial charge on any atom is -0.480 e. The Bertz CT molecular complexity index is 690. The molecule has 0 saturated carbocycles. The molecule has 0 spiro atoms. The number of nitrogens with zero attached hydrogens (tertiary/aromatic N) is 1. The summed E-state index contributed by atoms with van der Waals surface area (Å²) in [4.78, 5) is 36.7. The summed E-state index contributed by atoms with van der Waals surface area (Å²) in [5.74, 6) is -1.46. The van der Waals surface area contributed by atoms with E-state index in [-0.39, 0.29) is 31.3 Å². The van der Waals surface area contributed by atoms with Crippen molar-refractivity contribution < 1.29 is 19.5 Å². The lowest BCUT2D eigenvalue weighted by molar-refractivity contribution is -0.139. The number of ketones is 1. The van der Waals surface area contributed by atoms with E-state index in [1.807, 2.05) is 60.7 Å². The van der Waals surface area contributed by atoms with Gasteiger partial charge in [0, 0.05) is 13.0 Å². The van der Waals surface area contributed by atoms with Crippen molar-refractivity contribution in [2.45, 2.75) is 19.4 Å². The summed E-state index contributed by atoms with van der Waals surface area (Å²) in [6, 6.07) is 19.0. The third kappa shape index (κ3) is 8.29. The number of nitrogens with one attached hydrogen (secondary N) is 1. The van der Waals surface area contributed by atoms with E-state index in [0.717, 1.165) is 11.1 Å². The Hall–Kier alpha value is -2.99. The minimum atomic E-state index is -1.07. The lowest BCUT2D eigenvalue weighted by Gasteiger charge is -2.19. The van der Waals surface area contributed by atoms with E-state index in [1.165, 1.54) is 4.90 Å². The number of carboxylic acids is 1. The van der Waals surface area contributed by atoms with Crippen LogP contribution >= 0.6 is 0 Å². The van der Waals surface area contributed by atoms with Gasteiger partial charge in [-0.15, -0.1) is 0 Å². The van der Waals surface area contributed by atoms with Crippen LogP contribution in [-0.4, -0.2) is 47.3 Å². The molecule has 2 aromatic rings. The van der Waals surface area contributed by atoms with Crippen LogP contribution in [-0.2, 0) is 27.3 Å². The topological polar surface area (TPSA) is 86.7 Å². The van der Waals surface area contributed by atoms with Crippen molar-refractivity contribution in [2.75, 3.05) is 19.6 Å². The molecular formula is C21H24N2O4. The van der Waals surface area contributed by atoms with Crippen LogP contribution in [0.2, 0.25) is 0 Å². The lowest BCUT2D eigenvalue weighted by Crippen LogP contribution is -2.42. The van der Waals surface area contributed by atoms with Crippen molar-refractivity contribution >= 4 is 17.7 Å². The number of aliphatic carboxylic acids is 1. The average Bonchev–Trinajstić information content (AvgIpc) is 2.66. The minimum absolute atomic E-state index is 0.0576. The quantitative estimate of drug-likeness (QED) is 0.633. The summed E-state index contributed by atoms with van der Waals surface area (Å²) >= 11 is 0. The average molecular weight is 368 g/mol. The first kappa shape index (κ1) is 20.3. The van der Waals surface area contributed by atoms with Gasteiger partial charge in [0.2, 0.25) is 5.91 Å². The monoisotopic (exact) mass is 368 g/mol. The normalized spacial score (nSPS) is 10.6. The van der Waals surface area contributed by atoms with E-state index in [0.29, 0.717) is 19.4 Å². The predicted octanol–water partition coefficient (Wildman–Crippen LogP) is 1.89. The second kappa shape index (κ2) is 10.9. The van der Waals surface area contributed by atoms with Gasteiger partial charge in [0.1, 0.15) is 5.78 Å². The van der Waals surface area contributed by atoms with Crippen LogP contribution in [0.25, 0.3) is 0 Å². The molecule has 0 bridgehead atoms. The number of rotatable bonds is 11. The maximum Gasteiger partial charge on any atom is 0.317 e. The number of hydrogen-bond acceptors (Lipinski definition) is 4. The Kier molecular flexibility index (Phi) is 8.19. The van der Waals surface area contributed by atoms with Crippen LogP contribution in [0, 0.1) is 0 Å². The Morgan fingerprint density at radius 2 is 1.41 bits per heavy atom. The van der Waals surface area contributed by atoms with Gasteiger partial charge >= 0.3 is 5.97 Å². The maximum absolute atomic E-state index is 12.2. The van der Waals surface area contributed by atoms with Crippen molar-refractivity contribution in [3.8, 4) is 0 Å². The molecule has 0 radical (unpaired) electrons. The van der Waals surface area contributed by atoms with Crippen molar-refractivity contribution in [3.05, 3.63) is 71.8 Å². The van der Waals surface area contributed by atoms with E-state index in [1.54, 1.807) is 0 Å². The fourth-order valence-corrected chi connectivity index (χ4v) is 2.67. The van der Waals surface area contributed by atoms with Crippen LogP contribution in [0.1, 0.15) is 17.5 Å². The molecule has 0 aliphatic heterocycles. The molecule has 1 amide bonds. The van der Waals surface area contributed by atoms with Gasteiger partial charge in [0.25, 0.3) is 0 Å². The first-order valence-electron chi connectivity index (χ1n) is 8.83. The highest BCUT2D eigenvalue weighted by molar-refractivity contribution is 5.83. The molecule has 2 aromatic carbocycles. The Balaban J connectivity index is 1.81. The van der Waals surface area contributed by atoms with E-state index in [2.05, 4.69) is 5.32 Å². The first-order valence-corrected chi connectivity index (χ1v) is 8.83. The standard InChI is InChI=1S/C21H24N2O4/c24-19(12-11-17-7-3-1-4-8-17)14-23(16-21(26)27)15-20(25)22-13-18-9-5-2-6-10-18/h1-10H,11-16H2,(H,22,25)(H,26,27). The predicted molar refractivity (Wildman–Crippen MR) is 102 cm³/mol. The third-order valence-corrected chi connectivity index (χ3v) is 3.99. The molecule has 0 aromatic heterocycles. The number of carbonyl (C=O) groups excluding carboxylic acids is 2. The zero-order valence-electron chi connectivity index (χ0n) is 15.1. The molecule has 0 atom stereocenters. The molecule has 2 rings (SSSR count). The lowest BCUT2D eigenvalue weighted by atomic mass is 10.1. The smallest absolute Gasteiger partial charge is 0.317 e. The number of Topliss-reactive ketones (excluding diaryl/α,β-unsaturated/α-hetero) is 1. The molecule has 6 heteroatoms. The third-order valence-electron chi connectivity index (χ3n) is 3.99. The molecule has 0 unspecified atom stereocenters. The van der Waals surface area contributed by atoms with Gasteiger partial charge in [-0.2, -0.15) is 0 Å². The van der Waals surface area contributed by atoms with Crippen molar-refractivity contribution in [1.29, 1.82) is 0 Å². The summed E-state index contributed by atoms with van der Waals surface area (Å²) < 4.78 is 0. The zero-order valence-corrected chi connectivity index (χ0v) is 15.1. The van der Waals surface area contributed by atoms with Crippen LogP contribution < -0.4 is 5.32 Å². The van der Waals surface area contributed by atoms with Gasteiger partial charge in [0.15, 0.2) is 0 Å². The summed E-state index contributed by atoms with van der Waals surface area (Å²) in [6.07, 6.45) is 0.909. The van der Waals surface area contributed by atoms with Crippen LogP contribution in [0.5, 0.6) is 0 Å². The SMILES string of the molecule is O=C(O)CN(CC(=O)CCc1ccccc1)CC(=O)NCc1ccccc1. The van der Waals surface area contributed by atoms with Crippen molar-refractivity contribution in [2.24, 2.45) is 0 Å². The van der Waals surface area contributed by atoms with E-state index < -0.39 is 5.97 Å². The molecule has 0 saturated heterocycles. The molecule has 0 aliphatic rings. The summed E-state index contributed by atoms with van der Waals surface area (Å²) in [5, 5.41) is 11.8. The number of carbonyl (C=O) groups is 3. The van der Waals surface area contributed by atoms with Gasteiger partial charge in [-0.05, 0) is 17.5 Å². The summed E-state index contributed by atoms with van der Waals surface area (Å²) in [6.45, 7) is -0.174. The number of benzene rings is 2. The number of amides is 1. The Morgan fingerprint density at radius 3 is 2.00 bits per heavy atom. The zero-order chi connectivity index (χ0) is 19.5. The Labute approximate surface area is 158 Å². The Morgan fingerprint density at radius 1 is 0.815 bits per heavy atom. The van der Waals surface area contributed by atoms with Gasteiger partial charge < -0.3 is 10.4 Å². The number of carboxylic acid groups (broad SMARTS) is 1. The number of aryl methyl sites for hydroxylation is 1. The largest absolute Gasteiger partial charge is 0.480 e. The van der Waals surface area contributed by atoms with E-state index in [9.17, 15) is 14.4 Å². The fraction of sp³-hybridized carbons (Fsp3) is 0.286. The summed E-state index contributed by atoms with van der Waals surface area (Å²) in [7, 11) is 0. The van der Waals surface area contributed by atoms with Gasteiger partial charge in [-0.3, -0.25) is 19.3 Å². The fourth-order valence-electron chi connectivity index (χ4n) is 2.67. The molecule has 0 fully saturated rings. The van der Waals surface area contributed by atoms with Crippen LogP contribution in [0.3, 0.4) is 0 Å². The van der Waals surface area contributed by atoms with Gasteiger partial charge in [0.05, 0.1) is 19.6 Å². The highest BCUT2D eigenvalue weighted by atomic mass is 16.4. The molecule has 142 valence electrons. The van der Waals surface area contributed by atoms with Crippen LogP contribution in [0.4, 0.5) is 0 Å².